The molecular weight excluding hydrogens is 350 g/mol. The second-order valence-electron chi connectivity index (χ2n) is 6.07. The van der Waals surface area contributed by atoms with Crippen LogP contribution in [0.25, 0.3) is 0 Å². The van der Waals surface area contributed by atoms with E-state index in [0.717, 1.165) is 11.8 Å². The van der Waals surface area contributed by atoms with E-state index in [0.29, 0.717) is 17.8 Å². The van der Waals surface area contributed by atoms with Gasteiger partial charge in [0.05, 0.1) is 11.2 Å². The van der Waals surface area contributed by atoms with Crippen molar-refractivity contribution < 1.29 is 13.2 Å². The molecule has 3 rings (SSSR count). The zero-order valence-corrected chi connectivity index (χ0v) is 15.3. The second kappa shape index (κ2) is 7.13. The molecule has 0 radical (unpaired) electrons. The second-order valence-corrected chi connectivity index (χ2v) is 8.08. The molecular formula is C19H19N3O3S. The Labute approximate surface area is 152 Å². The van der Waals surface area contributed by atoms with E-state index in [1.807, 2.05) is 29.0 Å². The molecule has 0 bridgehead atoms. The van der Waals surface area contributed by atoms with Gasteiger partial charge in [-0.25, -0.2) is 13.4 Å². The highest BCUT2D eigenvalue weighted by Gasteiger charge is 2.15. The standard InChI is InChI=1S/C19H19N3O3S/c1-21(17-6-8-18(9-7-17)26(2,24)25)19(23)16-5-3-4-15(12-16)13-22-11-10-20-14-22/h3-12,14H,13H2,1-2H3. The van der Waals surface area contributed by atoms with E-state index in [1.165, 1.54) is 17.0 Å². The minimum Gasteiger partial charge on any atom is -0.333 e. The quantitative estimate of drug-likeness (QED) is 0.693. The summed E-state index contributed by atoms with van der Waals surface area (Å²) in [5.74, 6) is -0.162. The van der Waals surface area contributed by atoms with Gasteiger partial charge in [0.2, 0.25) is 0 Å². The molecule has 0 saturated heterocycles. The van der Waals surface area contributed by atoms with Crippen molar-refractivity contribution in [2.45, 2.75) is 11.4 Å². The minimum atomic E-state index is -3.26. The molecule has 0 aliphatic heterocycles. The maximum absolute atomic E-state index is 12.8. The van der Waals surface area contributed by atoms with E-state index in [2.05, 4.69) is 4.98 Å². The van der Waals surface area contributed by atoms with Crippen LogP contribution < -0.4 is 4.90 Å². The molecule has 1 heterocycles. The fourth-order valence-electron chi connectivity index (χ4n) is 2.62. The normalized spacial score (nSPS) is 11.3. The predicted molar refractivity (Wildman–Crippen MR) is 100 cm³/mol. The third-order valence-electron chi connectivity index (χ3n) is 4.06. The van der Waals surface area contributed by atoms with Crippen molar-refractivity contribution in [3.05, 3.63) is 78.4 Å². The van der Waals surface area contributed by atoms with E-state index < -0.39 is 9.84 Å². The first-order chi connectivity index (χ1) is 12.3. The molecule has 0 fully saturated rings. The van der Waals surface area contributed by atoms with Gasteiger partial charge in [-0.3, -0.25) is 4.79 Å². The van der Waals surface area contributed by atoms with Crippen LogP contribution in [0.3, 0.4) is 0 Å². The average Bonchev–Trinajstić information content (AvgIpc) is 3.13. The Morgan fingerprint density at radius 1 is 1.15 bits per heavy atom. The summed E-state index contributed by atoms with van der Waals surface area (Å²) in [4.78, 5) is 18.5. The summed E-state index contributed by atoms with van der Waals surface area (Å²) in [5.41, 5.74) is 2.19. The Balaban J connectivity index is 1.80. The third kappa shape index (κ3) is 4.00. The van der Waals surface area contributed by atoms with E-state index in [-0.39, 0.29) is 10.8 Å². The number of benzene rings is 2. The van der Waals surface area contributed by atoms with Crippen molar-refractivity contribution in [3.8, 4) is 0 Å². The Morgan fingerprint density at radius 2 is 1.88 bits per heavy atom. The highest BCUT2D eigenvalue weighted by Crippen LogP contribution is 2.19. The molecule has 134 valence electrons. The summed E-state index contributed by atoms with van der Waals surface area (Å²) < 4.78 is 25.0. The number of carbonyl (C=O) groups is 1. The van der Waals surface area contributed by atoms with Crippen molar-refractivity contribution >= 4 is 21.4 Å². The summed E-state index contributed by atoms with van der Waals surface area (Å²) in [7, 11) is -1.59. The topological polar surface area (TPSA) is 72.3 Å². The largest absolute Gasteiger partial charge is 0.333 e. The third-order valence-corrected chi connectivity index (χ3v) is 5.18. The van der Waals surface area contributed by atoms with Gasteiger partial charge < -0.3 is 9.47 Å². The van der Waals surface area contributed by atoms with Gasteiger partial charge in [-0.15, -0.1) is 0 Å². The van der Waals surface area contributed by atoms with Gasteiger partial charge in [-0.2, -0.15) is 0 Å². The molecule has 0 atom stereocenters. The Hall–Kier alpha value is -2.93. The minimum absolute atomic E-state index is 0.162. The fraction of sp³-hybridized carbons (Fsp3) is 0.158. The van der Waals surface area contributed by atoms with Crippen LogP contribution in [0.5, 0.6) is 0 Å². The summed E-state index contributed by atoms with van der Waals surface area (Å²) in [6.45, 7) is 0.633. The SMILES string of the molecule is CN(C(=O)c1cccc(Cn2ccnc2)c1)c1ccc(S(C)(=O)=O)cc1. The lowest BCUT2D eigenvalue weighted by Gasteiger charge is -2.18. The molecule has 0 aliphatic carbocycles. The van der Waals surface area contributed by atoms with Crippen molar-refractivity contribution in [2.75, 3.05) is 18.2 Å². The molecule has 0 saturated carbocycles. The molecule has 0 unspecified atom stereocenters. The number of aromatic nitrogens is 2. The molecule has 3 aromatic rings. The maximum Gasteiger partial charge on any atom is 0.258 e. The molecule has 26 heavy (non-hydrogen) atoms. The first-order valence-electron chi connectivity index (χ1n) is 7.97. The molecule has 6 nitrogen and oxygen atoms in total. The van der Waals surface area contributed by atoms with Crippen LogP contribution in [0.2, 0.25) is 0 Å². The first kappa shape index (κ1) is 17.9. The van der Waals surface area contributed by atoms with Gasteiger partial charge >= 0.3 is 0 Å². The first-order valence-corrected chi connectivity index (χ1v) is 9.86. The summed E-state index contributed by atoms with van der Waals surface area (Å²) in [6.07, 6.45) is 6.46. The number of amides is 1. The van der Waals surface area contributed by atoms with E-state index in [4.69, 9.17) is 0 Å². The van der Waals surface area contributed by atoms with Crippen LogP contribution >= 0.6 is 0 Å². The zero-order chi connectivity index (χ0) is 18.7. The number of anilines is 1. The van der Waals surface area contributed by atoms with Gasteiger partial charge in [-0.1, -0.05) is 12.1 Å². The summed E-state index contributed by atoms with van der Waals surface area (Å²) in [6, 6.07) is 13.7. The van der Waals surface area contributed by atoms with Crippen molar-refractivity contribution in [2.24, 2.45) is 0 Å². The highest BCUT2D eigenvalue weighted by molar-refractivity contribution is 7.90. The Bertz CT molecular complexity index is 1010. The lowest BCUT2D eigenvalue weighted by Crippen LogP contribution is -2.26. The van der Waals surface area contributed by atoms with Crippen LogP contribution in [0.15, 0.2) is 72.1 Å². The monoisotopic (exact) mass is 369 g/mol. The van der Waals surface area contributed by atoms with E-state index in [1.54, 1.807) is 37.8 Å². The Kier molecular flexibility index (Phi) is 4.90. The lowest BCUT2D eigenvalue weighted by atomic mass is 10.1. The van der Waals surface area contributed by atoms with E-state index in [9.17, 15) is 13.2 Å². The van der Waals surface area contributed by atoms with Gasteiger partial charge in [0.15, 0.2) is 9.84 Å². The fourth-order valence-corrected chi connectivity index (χ4v) is 3.25. The van der Waals surface area contributed by atoms with Crippen molar-refractivity contribution in [1.82, 2.24) is 9.55 Å². The molecule has 2 aromatic carbocycles. The number of hydrogen-bond acceptors (Lipinski definition) is 4. The molecule has 0 aliphatic rings. The number of rotatable bonds is 5. The van der Waals surface area contributed by atoms with Crippen LogP contribution in [0.4, 0.5) is 5.69 Å². The summed E-state index contributed by atoms with van der Waals surface area (Å²) in [5, 5.41) is 0. The van der Waals surface area contributed by atoms with Gasteiger partial charge in [0, 0.05) is 43.5 Å². The summed E-state index contributed by atoms with van der Waals surface area (Å²) >= 11 is 0. The number of sulfone groups is 1. The number of carbonyl (C=O) groups excluding carboxylic acids is 1. The smallest absolute Gasteiger partial charge is 0.258 e. The number of nitrogens with zero attached hydrogens (tertiary/aromatic N) is 3. The molecule has 0 N–H and O–H groups in total. The lowest BCUT2D eigenvalue weighted by molar-refractivity contribution is 0.0993. The highest BCUT2D eigenvalue weighted by atomic mass is 32.2. The van der Waals surface area contributed by atoms with Gasteiger partial charge in [0.25, 0.3) is 5.91 Å². The molecule has 7 heteroatoms. The predicted octanol–water partition coefficient (Wildman–Crippen LogP) is 2.61. The van der Waals surface area contributed by atoms with Gasteiger partial charge in [0.1, 0.15) is 0 Å². The zero-order valence-electron chi connectivity index (χ0n) is 14.5. The Morgan fingerprint density at radius 3 is 2.50 bits per heavy atom. The molecule has 1 amide bonds. The van der Waals surface area contributed by atoms with Crippen LogP contribution in [-0.2, 0) is 16.4 Å². The van der Waals surface area contributed by atoms with Crippen LogP contribution in [0.1, 0.15) is 15.9 Å². The van der Waals surface area contributed by atoms with Gasteiger partial charge in [-0.05, 0) is 42.0 Å². The number of imidazole rings is 1. The van der Waals surface area contributed by atoms with Crippen LogP contribution in [-0.4, -0.2) is 37.2 Å². The van der Waals surface area contributed by atoms with Crippen LogP contribution in [0, 0.1) is 0 Å². The van der Waals surface area contributed by atoms with E-state index >= 15 is 0 Å². The van der Waals surface area contributed by atoms with Crippen molar-refractivity contribution in [1.29, 1.82) is 0 Å². The number of hydrogen-bond donors (Lipinski definition) is 0. The average molecular weight is 369 g/mol. The molecule has 0 spiro atoms. The molecule has 1 aromatic heterocycles. The maximum atomic E-state index is 12.8. The van der Waals surface area contributed by atoms with Crippen molar-refractivity contribution in [3.63, 3.8) is 0 Å².